The van der Waals surface area contributed by atoms with E-state index in [9.17, 15) is 13.6 Å². The minimum Gasteiger partial charge on any atom is -0.310 e. The molecule has 0 aliphatic carbocycles. The van der Waals surface area contributed by atoms with Crippen LogP contribution in [0.2, 0.25) is 0 Å². The number of benzene rings is 2. The highest BCUT2D eigenvalue weighted by atomic mass is 19.1. The lowest BCUT2D eigenvalue weighted by atomic mass is 9.89. The standard InChI is InChI=1S/C18H13F2N3O/c19-13-6-2-1-5-11(13)12-9-16(24)22-18-17(12)21-10-23(18)15-8-4-3-7-14(15)20/h1-8,10,12H,9H2,(H,22,24). The van der Waals surface area contributed by atoms with Gasteiger partial charge >= 0.3 is 0 Å². The van der Waals surface area contributed by atoms with Gasteiger partial charge in [0.1, 0.15) is 23.8 Å². The van der Waals surface area contributed by atoms with Crippen molar-refractivity contribution in [3.63, 3.8) is 0 Å². The maximum atomic E-state index is 14.2. The van der Waals surface area contributed by atoms with Crippen molar-refractivity contribution >= 4 is 11.7 Å². The molecular weight excluding hydrogens is 312 g/mol. The molecule has 1 aliphatic rings. The summed E-state index contributed by atoms with van der Waals surface area (Å²) in [6, 6.07) is 12.5. The largest absolute Gasteiger partial charge is 0.310 e. The van der Waals surface area contributed by atoms with Crippen LogP contribution in [0, 0.1) is 11.6 Å². The summed E-state index contributed by atoms with van der Waals surface area (Å²) in [5.74, 6) is -1.19. The van der Waals surface area contributed by atoms with Gasteiger partial charge in [-0.25, -0.2) is 13.8 Å². The predicted octanol–water partition coefficient (Wildman–Crippen LogP) is 3.62. The van der Waals surface area contributed by atoms with E-state index in [1.807, 2.05) is 0 Å². The number of carbonyl (C=O) groups excluding carboxylic acids is 1. The summed E-state index contributed by atoms with van der Waals surface area (Å²) in [6.45, 7) is 0. The summed E-state index contributed by atoms with van der Waals surface area (Å²) in [4.78, 5) is 16.4. The number of imidazole rings is 1. The van der Waals surface area contributed by atoms with Gasteiger partial charge in [-0.05, 0) is 23.8 Å². The molecule has 0 radical (unpaired) electrons. The molecule has 4 nitrogen and oxygen atoms in total. The van der Waals surface area contributed by atoms with Gasteiger partial charge in [-0.3, -0.25) is 9.36 Å². The molecule has 1 atom stereocenters. The summed E-state index contributed by atoms with van der Waals surface area (Å²) in [5.41, 5.74) is 1.22. The second-order valence-corrected chi connectivity index (χ2v) is 5.63. The maximum absolute atomic E-state index is 14.2. The molecular formula is C18H13F2N3O. The van der Waals surface area contributed by atoms with Crippen molar-refractivity contribution in [2.75, 3.05) is 5.32 Å². The third-order valence-electron chi connectivity index (χ3n) is 4.17. The Labute approximate surface area is 136 Å². The van der Waals surface area contributed by atoms with E-state index in [0.717, 1.165) is 0 Å². The van der Waals surface area contributed by atoms with Crippen LogP contribution in [0.4, 0.5) is 14.6 Å². The van der Waals surface area contributed by atoms with Gasteiger partial charge in [0, 0.05) is 12.3 Å². The van der Waals surface area contributed by atoms with Gasteiger partial charge in [-0.2, -0.15) is 0 Å². The van der Waals surface area contributed by atoms with Crippen LogP contribution in [-0.4, -0.2) is 15.5 Å². The van der Waals surface area contributed by atoms with Gasteiger partial charge in [0.25, 0.3) is 0 Å². The number of amides is 1. The van der Waals surface area contributed by atoms with Crippen molar-refractivity contribution in [2.24, 2.45) is 0 Å². The summed E-state index contributed by atoms with van der Waals surface area (Å²) in [5, 5.41) is 2.73. The van der Waals surface area contributed by atoms with E-state index < -0.39 is 11.7 Å². The Bertz CT molecular complexity index is 936. The molecule has 0 bridgehead atoms. The Balaban J connectivity index is 1.87. The first kappa shape index (κ1) is 14.6. The van der Waals surface area contributed by atoms with E-state index in [2.05, 4.69) is 10.3 Å². The summed E-state index contributed by atoms with van der Waals surface area (Å²) in [6.07, 6.45) is 1.55. The van der Waals surface area contributed by atoms with Crippen LogP contribution in [0.5, 0.6) is 0 Å². The Morgan fingerprint density at radius 2 is 1.75 bits per heavy atom. The Kier molecular flexibility index (Phi) is 3.37. The quantitative estimate of drug-likeness (QED) is 0.782. The minimum atomic E-state index is -0.497. The van der Waals surface area contributed by atoms with Gasteiger partial charge in [0.05, 0.1) is 11.4 Å². The average molecular weight is 325 g/mol. The lowest BCUT2D eigenvalue weighted by molar-refractivity contribution is -0.116. The fourth-order valence-electron chi connectivity index (χ4n) is 3.05. The van der Waals surface area contributed by atoms with Crippen LogP contribution < -0.4 is 5.32 Å². The zero-order chi connectivity index (χ0) is 16.7. The third-order valence-corrected chi connectivity index (χ3v) is 4.17. The molecule has 0 saturated carbocycles. The number of carbonyl (C=O) groups is 1. The Morgan fingerprint density at radius 3 is 2.50 bits per heavy atom. The van der Waals surface area contributed by atoms with Gasteiger partial charge in [-0.1, -0.05) is 30.3 Å². The van der Waals surface area contributed by atoms with Crippen molar-refractivity contribution in [1.82, 2.24) is 9.55 Å². The molecule has 1 unspecified atom stereocenters. The van der Waals surface area contributed by atoms with Crippen LogP contribution in [0.1, 0.15) is 23.6 Å². The number of halogens is 2. The number of para-hydroxylation sites is 1. The number of nitrogens with zero attached hydrogens (tertiary/aromatic N) is 2. The molecule has 2 heterocycles. The summed E-state index contributed by atoms with van der Waals surface area (Å²) < 4.78 is 29.7. The highest BCUT2D eigenvalue weighted by molar-refractivity contribution is 5.94. The smallest absolute Gasteiger partial charge is 0.226 e. The van der Waals surface area contributed by atoms with Gasteiger partial charge in [0.15, 0.2) is 0 Å². The first-order valence-electron chi connectivity index (χ1n) is 7.51. The van der Waals surface area contributed by atoms with Gasteiger partial charge < -0.3 is 5.32 Å². The maximum Gasteiger partial charge on any atom is 0.226 e. The highest BCUT2D eigenvalue weighted by Crippen LogP contribution is 2.38. The molecule has 0 fully saturated rings. The number of rotatable bonds is 2. The topological polar surface area (TPSA) is 46.9 Å². The van der Waals surface area contributed by atoms with Crippen molar-refractivity contribution in [3.05, 3.63) is 77.8 Å². The zero-order valence-electron chi connectivity index (χ0n) is 12.5. The van der Waals surface area contributed by atoms with E-state index in [4.69, 9.17) is 0 Å². The van der Waals surface area contributed by atoms with E-state index in [1.54, 1.807) is 36.4 Å². The first-order valence-corrected chi connectivity index (χ1v) is 7.51. The number of fused-ring (bicyclic) bond motifs is 1. The average Bonchev–Trinajstić information content (AvgIpc) is 2.99. The van der Waals surface area contributed by atoms with Crippen molar-refractivity contribution in [3.8, 4) is 5.69 Å². The van der Waals surface area contributed by atoms with Crippen LogP contribution in [0.15, 0.2) is 54.9 Å². The summed E-state index contributed by atoms with van der Waals surface area (Å²) >= 11 is 0. The second-order valence-electron chi connectivity index (χ2n) is 5.63. The van der Waals surface area contributed by atoms with E-state index in [1.165, 1.54) is 23.0 Å². The first-order chi connectivity index (χ1) is 11.6. The molecule has 2 aromatic carbocycles. The number of aromatic nitrogens is 2. The second kappa shape index (κ2) is 5.56. The fourth-order valence-corrected chi connectivity index (χ4v) is 3.05. The van der Waals surface area contributed by atoms with Crippen molar-refractivity contribution in [1.29, 1.82) is 0 Å². The third kappa shape index (κ3) is 2.27. The van der Waals surface area contributed by atoms with Crippen LogP contribution in [0.3, 0.4) is 0 Å². The van der Waals surface area contributed by atoms with Crippen molar-refractivity contribution < 1.29 is 13.6 Å². The predicted molar refractivity (Wildman–Crippen MR) is 85.0 cm³/mol. The molecule has 6 heteroatoms. The number of hydrogen-bond acceptors (Lipinski definition) is 2. The normalized spacial score (nSPS) is 16.6. The molecule has 24 heavy (non-hydrogen) atoms. The molecule has 4 rings (SSSR count). The molecule has 1 amide bonds. The highest BCUT2D eigenvalue weighted by Gasteiger charge is 2.32. The number of hydrogen-bond donors (Lipinski definition) is 1. The SMILES string of the molecule is O=C1CC(c2ccccc2F)c2ncn(-c3ccccc3F)c2N1. The monoisotopic (exact) mass is 325 g/mol. The molecule has 1 N–H and O–H groups in total. The van der Waals surface area contributed by atoms with E-state index in [0.29, 0.717) is 17.1 Å². The van der Waals surface area contributed by atoms with Crippen LogP contribution in [0.25, 0.3) is 5.69 Å². The number of anilines is 1. The molecule has 120 valence electrons. The van der Waals surface area contributed by atoms with Crippen LogP contribution in [-0.2, 0) is 4.79 Å². The summed E-state index contributed by atoms with van der Waals surface area (Å²) in [7, 11) is 0. The zero-order valence-corrected chi connectivity index (χ0v) is 12.5. The van der Waals surface area contributed by atoms with E-state index >= 15 is 0 Å². The van der Waals surface area contributed by atoms with Crippen LogP contribution >= 0.6 is 0 Å². The lowest BCUT2D eigenvalue weighted by Crippen LogP contribution is -2.25. The molecule has 1 aliphatic heterocycles. The molecule has 0 spiro atoms. The Morgan fingerprint density at radius 1 is 1.04 bits per heavy atom. The fraction of sp³-hybridized carbons (Fsp3) is 0.111. The Hall–Kier alpha value is -3.02. The molecule has 0 saturated heterocycles. The minimum absolute atomic E-state index is 0.0994. The van der Waals surface area contributed by atoms with Crippen molar-refractivity contribution in [2.45, 2.75) is 12.3 Å². The van der Waals surface area contributed by atoms with Gasteiger partial charge in [-0.15, -0.1) is 0 Å². The van der Waals surface area contributed by atoms with E-state index in [-0.39, 0.29) is 23.8 Å². The lowest BCUT2D eigenvalue weighted by Gasteiger charge is -2.23. The van der Waals surface area contributed by atoms with Gasteiger partial charge in [0.2, 0.25) is 5.91 Å². The molecule has 3 aromatic rings. The number of nitrogens with one attached hydrogen (secondary N) is 1. The molecule has 1 aromatic heterocycles.